The lowest BCUT2D eigenvalue weighted by molar-refractivity contribution is -0.165. The Morgan fingerprint density at radius 3 is 0.916 bits per heavy atom. The van der Waals surface area contributed by atoms with Crippen LogP contribution in [0.2, 0.25) is 0 Å². The van der Waals surface area contributed by atoms with Gasteiger partial charge in [-0.05, 0) is 338 Å². The predicted molar refractivity (Wildman–Crippen MR) is 529 cm³/mol. The van der Waals surface area contributed by atoms with E-state index in [-0.39, 0.29) is 163 Å². The highest BCUT2D eigenvalue weighted by Gasteiger charge is 2.65. The second-order valence-corrected chi connectivity index (χ2v) is 46.3. The average molecular weight is 2010 g/mol. The van der Waals surface area contributed by atoms with E-state index in [1.165, 1.54) is 70.6 Å². The normalized spacial score (nSPS) is 33.5. The highest BCUT2D eigenvalue weighted by molar-refractivity contribution is 6.17. The van der Waals surface area contributed by atoms with Crippen LogP contribution in [0.5, 0.6) is 0 Å². The quantitative estimate of drug-likeness (QED) is 0.0200. The first kappa shape index (κ1) is 114. The van der Waals surface area contributed by atoms with Crippen molar-refractivity contribution in [1.29, 1.82) is 0 Å². The van der Waals surface area contributed by atoms with E-state index < -0.39 is 67.9 Å². The highest BCUT2D eigenvalue weighted by atomic mass is 35.5. The Hall–Kier alpha value is -9.31. The highest BCUT2D eigenvalue weighted by Crippen LogP contribution is 2.72. The number of hydrogen-bond acceptors (Lipinski definition) is 26. The van der Waals surface area contributed by atoms with Gasteiger partial charge in [0.25, 0.3) is 0 Å². The van der Waals surface area contributed by atoms with E-state index >= 15 is 0 Å². The van der Waals surface area contributed by atoms with Crippen LogP contribution in [0, 0.1) is 145 Å². The van der Waals surface area contributed by atoms with Gasteiger partial charge in [0, 0.05) is 69.1 Å². The van der Waals surface area contributed by atoms with Gasteiger partial charge in [-0.25, -0.2) is 14.4 Å². The Morgan fingerprint density at radius 1 is 0.357 bits per heavy atom. The zero-order chi connectivity index (χ0) is 104. The topological polar surface area (TPSA) is 401 Å². The number of carboxylic acid groups (broad SMARTS) is 2. The van der Waals surface area contributed by atoms with Gasteiger partial charge in [-0.15, -0.1) is 0 Å². The zero-order valence-corrected chi connectivity index (χ0v) is 87.5. The largest absolute Gasteiger partial charge is 0.511 e. The standard InChI is InChI=1S/C36H50O8.C29H44O8.C23H35ClO4.C13H16O4.C7H8O.C6H8O3/c1-23(18-32(38)41-21-25-8-6-5-7-9-25)19-33(39)42-22-43-34(40)44-27-14-16-35(3)26(20-27)10-11-28-30-13-12-29(24(2)37)36(30,4)17-15-31(28)35;1-17(13-25(31)32)14-26(33)35-16-36-27(34)37-20-9-11-28(3)19(15-20)5-6-21-23-8-7-22(18(2)30)29(23,4)12-10-24(21)28;1-14(25)18-6-7-19-17-5-4-15-12-16(28-21(26)27-13-24)8-10-22(15,2)20(17)9-11-23(18,19)3;1-10(7-12(14)15)8-13(16)17-9-11-5-3-2-4-6-11;8-6-7-4-2-1-3-5-7;1-4-2-5(7)9-6(8)3-4/h5-9,23,26-31H,10-22H2,1-4H3;17,19-24H,5-16H2,1-4H3,(H,31,32);15-20H,4-13H2,1-3H3;2-6,10H,7-9H2,1H3,(H,14,15);1-5,8H,6H2;4H,2-3H2,1H3/t23?,26-,27+,28-,29?,30-,31-,35-,36+;17?,19-,20+,21-,22?,23-,24-,28-,29+;15-,16+,17-,18?,19-,20-,22-,23+;;;/m000.../s1. The Kier molecular flexibility index (Phi) is 41.3. The number of carboxylic acids is 2. The Labute approximate surface area is 850 Å². The molecule has 6 unspecified atom stereocenters. The molecule has 13 aliphatic rings. The summed E-state index contributed by atoms with van der Waals surface area (Å²) >= 11 is 5.46. The molecule has 0 aromatic heterocycles. The van der Waals surface area contributed by atoms with Gasteiger partial charge in [0.05, 0.1) is 6.61 Å². The van der Waals surface area contributed by atoms with Gasteiger partial charge in [-0.1, -0.05) is 172 Å². The minimum Gasteiger partial charge on any atom is -0.481 e. The minimum atomic E-state index is -0.973. The second-order valence-electron chi connectivity index (χ2n) is 46.1. The predicted octanol–water partition coefficient (Wildman–Crippen LogP) is 23.0. The molecule has 0 bridgehead atoms. The summed E-state index contributed by atoms with van der Waals surface area (Å²) in [6.45, 7) is 26.5. The lowest BCUT2D eigenvalue weighted by Gasteiger charge is -2.61. The summed E-state index contributed by atoms with van der Waals surface area (Å²) in [6.07, 6.45) is 27.5. The van der Waals surface area contributed by atoms with E-state index in [2.05, 4.69) is 46.3 Å². The molecule has 1 heterocycles. The number of benzene rings is 3. The number of ether oxygens (including phenoxy) is 11. The van der Waals surface area contributed by atoms with Crippen molar-refractivity contribution >= 4 is 95.2 Å². The van der Waals surface area contributed by atoms with E-state index in [0.29, 0.717) is 94.8 Å². The summed E-state index contributed by atoms with van der Waals surface area (Å²) in [5.41, 5.74) is 4.16. The SMILES string of the molecule is CC(=O)C1CC[C@H]2[C@@H]3CC[C@H]4C[C@H](OC(=O)OCCl)CC[C@]4(C)[C@H]3CC[C@]12C.CC(=O)C1CC[C@H]2[C@@H]3CC[C@H]4C[C@H](OC(=O)OCOC(=O)CC(C)CC(=O)O)CC[C@]4(C)[C@H]3CC[C@]12C.CC(=O)C1CC[C@H]2[C@@H]3CC[C@H]4C[C@H](OC(=O)OCOC(=O)CC(C)CC(=O)OCc5ccccc5)CC[C@]4(C)[C@H]3CC[C@]12C.CC(CC(=O)O)CC(=O)OCc1ccccc1.CC1CC(=O)OC(=O)C1.OCc1ccccc1. The number of cyclic esters (lactones) is 2. The lowest BCUT2D eigenvalue weighted by Crippen LogP contribution is -2.54. The monoisotopic (exact) mass is 2010 g/mol. The number of Topliss-reactive ketones (excluding diaryl/α,β-unsaturated/α-hetero) is 3. The number of aliphatic hydroxyl groups is 1. The van der Waals surface area contributed by atoms with Crippen LogP contribution in [0.25, 0.3) is 0 Å². The summed E-state index contributed by atoms with van der Waals surface area (Å²) in [7, 11) is 0. The molecule has 3 aromatic rings. The smallest absolute Gasteiger partial charge is 0.481 e. The molecule has 12 aliphatic carbocycles. The van der Waals surface area contributed by atoms with Crippen LogP contribution in [-0.4, -0.2) is 137 Å². The van der Waals surface area contributed by atoms with Crippen LogP contribution in [0.15, 0.2) is 91.0 Å². The molecular weight excluding hydrogens is 1850 g/mol. The number of fused-ring (bicyclic) bond motifs is 15. The number of alkyl halides is 1. The van der Waals surface area contributed by atoms with Crippen LogP contribution in [0.3, 0.4) is 0 Å². The van der Waals surface area contributed by atoms with Crippen LogP contribution in [-0.2, 0) is 125 Å². The maximum Gasteiger partial charge on any atom is 0.511 e. The fourth-order valence-corrected chi connectivity index (χ4v) is 30.0. The summed E-state index contributed by atoms with van der Waals surface area (Å²) in [5, 5.41) is 25.9. The first-order valence-electron chi connectivity index (χ1n) is 53.0. The second kappa shape index (κ2) is 51.8. The number of halogens is 1. The number of esters is 6. The van der Waals surface area contributed by atoms with Crippen molar-refractivity contribution in [2.24, 2.45) is 145 Å². The van der Waals surface area contributed by atoms with E-state index in [0.717, 1.165) is 131 Å². The molecule has 792 valence electrons. The van der Waals surface area contributed by atoms with Crippen molar-refractivity contribution in [3.05, 3.63) is 108 Å². The molecule has 16 rings (SSSR count). The van der Waals surface area contributed by atoms with E-state index in [4.69, 9.17) is 74.3 Å². The van der Waals surface area contributed by atoms with Crippen LogP contribution in [0.1, 0.15) is 331 Å². The molecule has 0 amide bonds. The summed E-state index contributed by atoms with van der Waals surface area (Å²) in [6, 6.07) is 28.1. The Bertz CT molecular complexity index is 4780. The van der Waals surface area contributed by atoms with Crippen molar-refractivity contribution in [3.63, 3.8) is 0 Å². The Morgan fingerprint density at radius 2 is 0.636 bits per heavy atom. The minimum absolute atomic E-state index is 0.0132. The molecule has 27 atom stereocenters. The molecule has 3 N–H and O–H groups in total. The summed E-state index contributed by atoms with van der Waals surface area (Å²) < 4.78 is 56.2. The van der Waals surface area contributed by atoms with Crippen LogP contribution in [0.4, 0.5) is 14.4 Å². The third kappa shape index (κ3) is 29.8. The fraction of sp³-hybridized carbons (Fsp3) is 0.719. The number of ketones is 3. The molecule has 1 saturated heterocycles. The zero-order valence-electron chi connectivity index (χ0n) is 86.8. The van der Waals surface area contributed by atoms with E-state index in [1.54, 1.807) is 41.5 Å². The maximum atomic E-state index is 12.4. The number of hydrogen-bond donors (Lipinski definition) is 3. The van der Waals surface area contributed by atoms with Crippen molar-refractivity contribution in [2.45, 2.75) is 353 Å². The molecule has 3 aromatic carbocycles. The molecule has 143 heavy (non-hydrogen) atoms. The number of aliphatic hydroxyl groups excluding tert-OH is 1. The molecular formula is C114H161ClO28. The van der Waals surface area contributed by atoms with Gasteiger partial charge < -0.3 is 67.4 Å². The van der Waals surface area contributed by atoms with Crippen LogP contribution >= 0.6 is 11.6 Å². The molecule has 0 spiro atoms. The average Bonchev–Trinajstić information content (AvgIpc) is 1.69. The first-order chi connectivity index (χ1) is 67.9. The molecule has 29 heteroatoms. The lowest BCUT2D eigenvalue weighted by atomic mass is 9.44. The van der Waals surface area contributed by atoms with Crippen molar-refractivity contribution in [3.8, 4) is 0 Å². The molecule has 12 saturated carbocycles. The van der Waals surface area contributed by atoms with Gasteiger partial charge >= 0.3 is 66.2 Å². The van der Waals surface area contributed by atoms with Gasteiger partial charge in [0.15, 0.2) is 6.07 Å². The first-order valence-corrected chi connectivity index (χ1v) is 53.5. The van der Waals surface area contributed by atoms with Gasteiger partial charge in [-0.2, -0.15) is 0 Å². The van der Waals surface area contributed by atoms with Crippen molar-refractivity contribution < 1.29 is 135 Å². The maximum absolute atomic E-state index is 12.4. The third-order valence-corrected chi connectivity index (χ3v) is 37.1. The summed E-state index contributed by atoms with van der Waals surface area (Å²) in [4.78, 5) is 163. The van der Waals surface area contributed by atoms with E-state index in [9.17, 15) is 67.1 Å². The van der Waals surface area contributed by atoms with Gasteiger partial charge in [0.2, 0.25) is 13.6 Å². The summed E-state index contributed by atoms with van der Waals surface area (Å²) in [5.74, 6) is 4.57. The number of aliphatic carboxylic acids is 2. The van der Waals surface area contributed by atoms with Gasteiger partial charge in [0.1, 0.15) is 48.9 Å². The number of carbonyl (C=O) groups excluding carboxylic acids is 12. The third-order valence-electron chi connectivity index (χ3n) is 37.0. The van der Waals surface area contributed by atoms with Crippen molar-refractivity contribution in [1.82, 2.24) is 0 Å². The number of carbonyl (C=O) groups is 14. The molecule has 28 nitrogen and oxygen atoms in total. The molecule has 13 fully saturated rings. The van der Waals surface area contributed by atoms with E-state index in [1.807, 2.05) is 97.9 Å². The number of rotatable bonds is 28. The van der Waals surface area contributed by atoms with Crippen molar-refractivity contribution in [2.75, 3.05) is 19.7 Å². The fourth-order valence-electron chi connectivity index (χ4n) is 29.9. The molecule has 0 radical (unpaired) electrons. The Balaban J connectivity index is 0.000000178. The van der Waals surface area contributed by atoms with Crippen LogP contribution < -0.4 is 0 Å². The molecule has 1 aliphatic heterocycles. The van der Waals surface area contributed by atoms with Gasteiger partial charge in [-0.3, -0.25) is 52.7 Å².